The number of nitrogens with one attached hydrogen (secondary N) is 1. The Hall–Kier alpha value is -1.58. The molecule has 1 N–H and O–H groups in total. The number of carbonyl (C=O) groups is 1. The molecule has 0 amide bonds. The molecule has 0 saturated heterocycles. The van der Waals surface area contributed by atoms with E-state index < -0.39 is 0 Å². The Morgan fingerprint density at radius 1 is 1.32 bits per heavy atom. The van der Waals surface area contributed by atoms with Crippen LogP contribution in [0.5, 0.6) is 0 Å². The molecule has 1 aromatic carbocycles. The highest BCUT2D eigenvalue weighted by Gasteiger charge is 2.17. The van der Waals surface area contributed by atoms with Crippen molar-refractivity contribution in [1.29, 1.82) is 0 Å². The first-order chi connectivity index (χ1) is 9.25. The molecule has 1 aliphatic heterocycles. The van der Waals surface area contributed by atoms with Gasteiger partial charge >= 0.3 is 0 Å². The Balaban J connectivity index is 1.85. The molecule has 2 heterocycles. The molecule has 0 aliphatic carbocycles. The second-order valence-corrected chi connectivity index (χ2v) is 5.15. The lowest BCUT2D eigenvalue weighted by molar-refractivity contribution is 0.0911. The number of aromatic nitrogens is 1. The van der Waals surface area contributed by atoms with Crippen molar-refractivity contribution in [3.8, 4) is 0 Å². The van der Waals surface area contributed by atoms with Crippen molar-refractivity contribution in [2.45, 2.75) is 19.4 Å². The van der Waals surface area contributed by atoms with E-state index in [1.54, 1.807) is 4.57 Å². The molecule has 0 saturated carbocycles. The van der Waals surface area contributed by atoms with Gasteiger partial charge in [-0.15, -0.1) is 0 Å². The molecule has 0 bridgehead atoms. The van der Waals surface area contributed by atoms with Crippen molar-refractivity contribution in [3.63, 3.8) is 0 Å². The third-order valence-electron chi connectivity index (χ3n) is 3.51. The van der Waals surface area contributed by atoms with Crippen molar-refractivity contribution in [2.75, 3.05) is 6.54 Å². The second-order valence-electron chi connectivity index (χ2n) is 4.75. The van der Waals surface area contributed by atoms with E-state index in [1.807, 2.05) is 36.5 Å². The summed E-state index contributed by atoms with van der Waals surface area (Å²) in [7, 11) is 0. The predicted molar refractivity (Wildman–Crippen MR) is 75.6 cm³/mol. The third-order valence-corrected chi connectivity index (χ3v) is 3.88. The van der Waals surface area contributed by atoms with E-state index in [0.29, 0.717) is 11.4 Å². The molecule has 1 aromatic heterocycles. The summed E-state index contributed by atoms with van der Waals surface area (Å²) in [6, 6.07) is 9.52. The van der Waals surface area contributed by atoms with Crippen LogP contribution in [0.4, 0.5) is 0 Å². The monoisotopic (exact) mass is 274 g/mol. The Kier molecular flexibility index (Phi) is 3.40. The summed E-state index contributed by atoms with van der Waals surface area (Å²) in [5, 5.41) is 3.96. The smallest absolute Gasteiger partial charge is 0.235 e. The van der Waals surface area contributed by atoms with Crippen LogP contribution >= 0.6 is 11.6 Å². The second kappa shape index (κ2) is 5.19. The molecular weight excluding hydrogens is 260 g/mol. The Labute approximate surface area is 117 Å². The first-order valence-electron chi connectivity index (χ1n) is 6.42. The molecule has 0 fully saturated rings. The SMILES string of the molecule is O=C(Cc1ccccc1Cl)n1ccc2c1CCNC2. The van der Waals surface area contributed by atoms with Crippen LogP contribution in [0.3, 0.4) is 0 Å². The van der Waals surface area contributed by atoms with Gasteiger partial charge in [-0.05, 0) is 23.3 Å². The van der Waals surface area contributed by atoms with Gasteiger partial charge in [0.2, 0.25) is 5.91 Å². The number of benzene rings is 1. The van der Waals surface area contributed by atoms with E-state index in [2.05, 4.69) is 5.32 Å². The number of hydrogen-bond donors (Lipinski definition) is 1. The fourth-order valence-corrected chi connectivity index (χ4v) is 2.70. The average molecular weight is 275 g/mol. The van der Waals surface area contributed by atoms with Gasteiger partial charge in [-0.3, -0.25) is 9.36 Å². The minimum atomic E-state index is 0.0799. The fraction of sp³-hybridized carbons (Fsp3) is 0.267. The van der Waals surface area contributed by atoms with Crippen LogP contribution < -0.4 is 5.32 Å². The van der Waals surface area contributed by atoms with Crippen molar-refractivity contribution >= 4 is 17.5 Å². The van der Waals surface area contributed by atoms with Crippen molar-refractivity contribution in [2.24, 2.45) is 0 Å². The normalized spacial score (nSPS) is 14.2. The van der Waals surface area contributed by atoms with Gasteiger partial charge in [0.15, 0.2) is 0 Å². The molecular formula is C15H15ClN2O. The minimum absolute atomic E-state index is 0.0799. The Bertz CT molecular complexity index is 618. The van der Waals surface area contributed by atoms with E-state index in [1.165, 1.54) is 5.56 Å². The maximum absolute atomic E-state index is 12.4. The lowest BCUT2D eigenvalue weighted by Crippen LogP contribution is -2.26. The van der Waals surface area contributed by atoms with Crippen molar-refractivity contribution < 1.29 is 4.79 Å². The van der Waals surface area contributed by atoms with Gasteiger partial charge in [-0.2, -0.15) is 0 Å². The van der Waals surface area contributed by atoms with Crippen LogP contribution in [0.1, 0.15) is 21.6 Å². The first kappa shape index (κ1) is 12.5. The third kappa shape index (κ3) is 2.44. The van der Waals surface area contributed by atoms with Gasteiger partial charge in [0.1, 0.15) is 0 Å². The number of carbonyl (C=O) groups excluding carboxylic acids is 1. The summed E-state index contributed by atoms with van der Waals surface area (Å²) < 4.78 is 1.78. The van der Waals surface area contributed by atoms with Crippen LogP contribution in [0.2, 0.25) is 5.02 Å². The summed E-state index contributed by atoms with van der Waals surface area (Å²) in [6.07, 6.45) is 3.11. The zero-order valence-corrected chi connectivity index (χ0v) is 11.3. The molecule has 0 radical (unpaired) electrons. The molecule has 0 atom stereocenters. The lowest BCUT2D eigenvalue weighted by Gasteiger charge is -2.16. The highest BCUT2D eigenvalue weighted by Crippen LogP contribution is 2.19. The number of fused-ring (bicyclic) bond motifs is 1. The molecule has 98 valence electrons. The summed E-state index contributed by atoms with van der Waals surface area (Å²) in [5.41, 5.74) is 3.24. The summed E-state index contributed by atoms with van der Waals surface area (Å²) in [6.45, 7) is 1.78. The van der Waals surface area contributed by atoms with E-state index >= 15 is 0 Å². The number of hydrogen-bond acceptors (Lipinski definition) is 2. The Morgan fingerprint density at radius 2 is 2.16 bits per heavy atom. The summed E-state index contributed by atoms with van der Waals surface area (Å²) in [4.78, 5) is 12.4. The first-order valence-corrected chi connectivity index (χ1v) is 6.80. The van der Waals surface area contributed by atoms with Crippen molar-refractivity contribution in [3.05, 3.63) is 58.4 Å². The average Bonchev–Trinajstić information content (AvgIpc) is 2.85. The van der Waals surface area contributed by atoms with Crippen LogP contribution in [0.15, 0.2) is 36.5 Å². The molecule has 0 spiro atoms. The standard InChI is InChI=1S/C15H15ClN2O/c16-13-4-2-1-3-11(13)9-15(19)18-8-6-12-10-17-7-5-14(12)18/h1-4,6,8,17H,5,7,9-10H2. The van der Waals surface area contributed by atoms with Gasteiger partial charge in [-0.1, -0.05) is 29.8 Å². The van der Waals surface area contributed by atoms with Crippen LogP contribution in [-0.4, -0.2) is 17.0 Å². The maximum Gasteiger partial charge on any atom is 0.235 e. The van der Waals surface area contributed by atoms with E-state index in [0.717, 1.165) is 30.8 Å². The lowest BCUT2D eigenvalue weighted by atomic mass is 10.1. The van der Waals surface area contributed by atoms with E-state index in [9.17, 15) is 4.79 Å². The zero-order valence-electron chi connectivity index (χ0n) is 10.5. The topological polar surface area (TPSA) is 34.0 Å². The molecule has 3 nitrogen and oxygen atoms in total. The molecule has 19 heavy (non-hydrogen) atoms. The molecule has 4 heteroatoms. The van der Waals surface area contributed by atoms with Gasteiger partial charge in [-0.25, -0.2) is 0 Å². The predicted octanol–water partition coefficient (Wildman–Crippen LogP) is 2.67. The molecule has 1 aliphatic rings. The number of rotatable bonds is 2. The quantitative estimate of drug-likeness (QED) is 0.914. The minimum Gasteiger partial charge on any atom is -0.312 e. The highest BCUT2D eigenvalue weighted by atomic mass is 35.5. The highest BCUT2D eigenvalue weighted by molar-refractivity contribution is 6.31. The van der Waals surface area contributed by atoms with E-state index in [-0.39, 0.29) is 5.91 Å². The summed E-state index contributed by atoms with van der Waals surface area (Å²) in [5.74, 6) is 0.0799. The van der Waals surface area contributed by atoms with Crippen molar-refractivity contribution in [1.82, 2.24) is 9.88 Å². The van der Waals surface area contributed by atoms with Crippen LogP contribution in [0.25, 0.3) is 0 Å². The molecule has 3 rings (SSSR count). The number of halogens is 1. The number of nitrogens with zero attached hydrogens (tertiary/aromatic N) is 1. The zero-order chi connectivity index (χ0) is 13.2. The van der Waals surface area contributed by atoms with Crippen LogP contribution in [-0.2, 0) is 19.4 Å². The molecule has 2 aromatic rings. The van der Waals surface area contributed by atoms with Crippen LogP contribution in [0, 0.1) is 0 Å². The Morgan fingerprint density at radius 3 is 3.00 bits per heavy atom. The fourth-order valence-electron chi connectivity index (χ4n) is 2.50. The van der Waals surface area contributed by atoms with Gasteiger partial charge in [0, 0.05) is 36.4 Å². The maximum atomic E-state index is 12.4. The van der Waals surface area contributed by atoms with E-state index in [4.69, 9.17) is 11.6 Å². The molecule has 0 unspecified atom stereocenters. The summed E-state index contributed by atoms with van der Waals surface area (Å²) >= 11 is 6.10. The largest absolute Gasteiger partial charge is 0.312 e. The van der Waals surface area contributed by atoms with Gasteiger partial charge < -0.3 is 5.32 Å². The van der Waals surface area contributed by atoms with Gasteiger partial charge in [0.05, 0.1) is 6.42 Å². The van der Waals surface area contributed by atoms with Gasteiger partial charge in [0.25, 0.3) is 0 Å².